The Morgan fingerprint density at radius 3 is 2.21 bits per heavy atom. The van der Waals surface area contributed by atoms with Crippen molar-refractivity contribution in [1.29, 1.82) is 0 Å². The molecule has 0 aliphatic heterocycles. The van der Waals surface area contributed by atoms with Gasteiger partial charge in [0.2, 0.25) is 0 Å². The molecule has 0 aliphatic rings. The number of ether oxygens (including phenoxy) is 1. The number of carbonyl (C=O) groups is 2. The zero-order valence-corrected chi connectivity index (χ0v) is 18.2. The number of amides is 2. The monoisotopic (exact) mass is 414 g/mol. The van der Waals surface area contributed by atoms with Gasteiger partial charge in [0, 0.05) is 17.2 Å². The molecular weight excluding hydrogens is 384 g/mol. The van der Waals surface area contributed by atoms with Crippen molar-refractivity contribution in [2.75, 3.05) is 17.7 Å². The third-order valence-electron chi connectivity index (χ3n) is 4.51. The minimum absolute atomic E-state index is 0.278. The van der Waals surface area contributed by atoms with Gasteiger partial charge >= 0.3 is 12.0 Å². The number of urea groups is 1. The number of hydrogen-bond donors (Lipinski definition) is 2. The molecule has 0 aliphatic carbocycles. The van der Waals surface area contributed by atoms with Gasteiger partial charge in [-0.25, -0.2) is 9.59 Å². The van der Waals surface area contributed by atoms with Crippen LogP contribution >= 0.6 is 11.8 Å². The van der Waals surface area contributed by atoms with Crippen molar-refractivity contribution in [3.63, 3.8) is 0 Å². The number of benzene rings is 2. The van der Waals surface area contributed by atoms with E-state index in [2.05, 4.69) is 24.5 Å². The minimum Gasteiger partial charge on any atom is -0.464 e. The Morgan fingerprint density at radius 1 is 0.966 bits per heavy atom. The number of aryl methyl sites for hydroxylation is 2. The van der Waals surface area contributed by atoms with Gasteiger partial charge in [-0.05, 0) is 36.5 Å². The Labute approximate surface area is 177 Å². The fraction of sp³-hybridized carbons (Fsp3) is 0.391. The van der Waals surface area contributed by atoms with Gasteiger partial charge in [0.05, 0.1) is 6.61 Å². The quantitative estimate of drug-likeness (QED) is 0.548. The molecule has 2 aromatic rings. The molecule has 0 heterocycles. The van der Waals surface area contributed by atoms with Crippen LogP contribution in [0.4, 0.5) is 10.5 Å². The highest BCUT2D eigenvalue weighted by molar-refractivity contribution is 7.98. The molecule has 2 aromatic carbocycles. The molecule has 2 amide bonds. The molecular formula is C23H30N2O3S. The zero-order chi connectivity index (χ0) is 21.1. The van der Waals surface area contributed by atoms with Crippen molar-refractivity contribution < 1.29 is 14.3 Å². The van der Waals surface area contributed by atoms with Gasteiger partial charge in [-0.1, -0.05) is 62.4 Å². The Bertz CT molecular complexity index is 774. The second-order valence-corrected chi connectivity index (χ2v) is 7.59. The van der Waals surface area contributed by atoms with E-state index in [9.17, 15) is 9.59 Å². The standard InChI is InChI=1S/C23H30N2O3S/c1-4-18-13-10-14-19(5-2)21(18)25-23(27)24-20(22(26)28-6-3)16-29-15-17-11-8-7-9-12-17/h7-14,20H,4-6,15-16H2,1-3H3,(H2,24,25,27). The van der Waals surface area contributed by atoms with E-state index in [1.54, 1.807) is 18.7 Å². The molecule has 0 fully saturated rings. The van der Waals surface area contributed by atoms with Crippen LogP contribution in [0.3, 0.4) is 0 Å². The van der Waals surface area contributed by atoms with E-state index in [1.807, 2.05) is 48.5 Å². The van der Waals surface area contributed by atoms with Crippen LogP contribution in [-0.4, -0.2) is 30.4 Å². The summed E-state index contributed by atoms with van der Waals surface area (Å²) >= 11 is 1.59. The van der Waals surface area contributed by atoms with Crippen LogP contribution in [0.15, 0.2) is 48.5 Å². The maximum atomic E-state index is 12.7. The highest BCUT2D eigenvalue weighted by atomic mass is 32.2. The number of thioether (sulfide) groups is 1. The largest absolute Gasteiger partial charge is 0.464 e. The average Bonchev–Trinajstić information content (AvgIpc) is 2.74. The molecule has 2 N–H and O–H groups in total. The first-order valence-corrected chi connectivity index (χ1v) is 11.2. The Hall–Kier alpha value is -2.47. The van der Waals surface area contributed by atoms with Gasteiger partial charge < -0.3 is 15.4 Å². The van der Waals surface area contributed by atoms with Crippen molar-refractivity contribution in [3.8, 4) is 0 Å². The lowest BCUT2D eigenvalue weighted by Crippen LogP contribution is -2.45. The van der Waals surface area contributed by atoms with E-state index in [-0.39, 0.29) is 12.6 Å². The summed E-state index contributed by atoms with van der Waals surface area (Å²) in [4.78, 5) is 25.0. The molecule has 0 saturated carbocycles. The molecule has 29 heavy (non-hydrogen) atoms. The number of anilines is 1. The normalized spacial score (nSPS) is 11.6. The summed E-state index contributed by atoms with van der Waals surface area (Å²) in [6, 6.07) is 15.0. The second-order valence-electron chi connectivity index (χ2n) is 6.56. The Balaban J connectivity index is 2.02. The predicted octanol–water partition coefficient (Wildman–Crippen LogP) is 4.80. The van der Waals surface area contributed by atoms with Crippen LogP contribution in [0.5, 0.6) is 0 Å². The third-order valence-corrected chi connectivity index (χ3v) is 5.62. The van der Waals surface area contributed by atoms with Crippen LogP contribution in [0, 0.1) is 0 Å². The maximum Gasteiger partial charge on any atom is 0.329 e. The average molecular weight is 415 g/mol. The first-order valence-electron chi connectivity index (χ1n) is 10.1. The number of hydrogen-bond acceptors (Lipinski definition) is 4. The van der Waals surface area contributed by atoms with Gasteiger partial charge in [-0.3, -0.25) is 0 Å². The van der Waals surface area contributed by atoms with Crippen LogP contribution in [0.1, 0.15) is 37.5 Å². The van der Waals surface area contributed by atoms with Crippen LogP contribution in [-0.2, 0) is 28.1 Å². The summed E-state index contributed by atoms with van der Waals surface area (Å²) < 4.78 is 5.15. The fourth-order valence-electron chi connectivity index (χ4n) is 2.99. The molecule has 0 aromatic heterocycles. The van der Waals surface area contributed by atoms with Crippen molar-refractivity contribution in [3.05, 3.63) is 65.2 Å². The summed E-state index contributed by atoms with van der Waals surface area (Å²) in [7, 11) is 0. The molecule has 5 nitrogen and oxygen atoms in total. The first-order chi connectivity index (χ1) is 14.1. The summed E-state index contributed by atoms with van der Waals surface area (Å²) in [6.45, 7) is 6.15. The number of carbonyl (C=O) groups excluding carboxylic acids is 2. The summed E-state index contributed by atoms with van der Waals surface area (Å²) in [5.74, 6) is 0.790. The van der Waals surface area contributed by atoms with Crippen molar-refractivity contribution in [1.82, 2.24) is 5.32 Å². The van der Waals surface area contributed by atoms with E-state index in [0.29, 0.717) is 5.75 Å². The second kappa shape index (κ2) is 12.2. The maximum absolute atomic E-state index is 12.7. The predicted molar refractivity (Wildman–Crippen MR) is 120 cm³/mol. The number of rotatable bonds is 10. The topological polar surface area (TPSA) is 67.4 Å². The van der Waals surface area contributed by atoms with E-state index in [1.165, 1.54) is 5.56 Å². The lowest BCUT2D eigenvalue weighted by molar-refractivity contribution is -0.144. The fourth-order valence-corrected chi connectivity index (χ4v) is 3.99. The van der Waals surface area contributed by atoms with Gasteiger partial charge in [0.15, 0.2) is 0 Å². The highest BCUT2D eigenvalue weighted by Crippen LogP contribution is 2.22. The summed E-state index contributed by atoms with van der Waals surface area (Å²) in [5.41, 5.74) is 4.15. The van der Waals surface area contributed by atoms with E-state index >= 15 is 0 Å². The van der Waals surface area contributed by atoms with Crippen molar-refractivity contribution in [2.45, 2.75) is 45.4 Å². The lowest BCUT2D eigenvalue weighted by atomic mass is 10.0. The van der Waals surface area contributed by atoms with Gasteiger partial charge in [-0.2, -0.15) is 11.8 Å². The Kier molecular flexibility index (Phi) is 9.57. The van der Waals surface area contributed by atoms with Gasteiger partial charge in [0.25, 0.3) is 0 Å². The third kappa shape index (κ3) is 7.13. The van der Waals surface area contributed by atoms with E-state index < -0.39 is 12.0 Å². The molecule has 1 atom stereocenters. The first kappa shape index (κ1) is 22.8. The number of nitrogens with one attached hydrogen (secondary N) is 2. The smallest absolute Gasteiger partial charge is 0.329 e. The SMILES string of the molecule is CCOC(=O)C(CSCc1ccccc1)NC(=O)Nc1c(CC)cccc1CC. The minimum atomic E-state index is -0.706. The molecule has 1 unspecified atom stereocenters. The van der Waals surface area contributed by atoms with Gasteiger partial charge in [0.1, 0.15) is 6.04 Å². The molecule has 0 spiro atoms. The zero-order valence-electron chi connectivity index (χ0n) is 17.4. The molecule has 0 saturated heterocycles. The number of para-hydroxylation sites is 1. The van der Waals surface area contributed by atoms with Crippen LogP contribution in [0.2, 0.25) is 0 Å². The molecule has 156 valence electrons. The highest BCUT2D eigenvalue weighted by Gasteiger charge is 2.23. The van der Waals surface area contributed by atoms with Crippen molar-refractivity contribution >= 4 is 29.4 Å². The summed E-state index contributed by atoms with van der Waals surface area (Å²) in [5, 5.41) is 5.74. The molecule has 6 heteroatoms. The molecule has 0 bridgehead atoms. The number of esters is 1. The van der Waals surface area contributed by atoms with Crippen LogP contribution < -0.4 is 10.6 Å². The van der Waals surface area contributed by atoms with Crippen molar-refractivity contribution in [2.24, 2.45) is 0 Å². The van der Waals surface area contributed by atoms with Crippen LogP contribution in [0.25, 0.3) is 0 Å². The Morgan fingerprint density at radius 2 is 1.62 bits per heavy atom. The van der Waals surface area contributed by atoms with E-state index in [0.717, 1.165) is 35.4 Å². The molecule has 2 rings (SSSR count). The lowest BCUT2D eigenvalue weighted by Gasteiger charge is -2.19. The molecule has 0 radical (unpaired) electrons. The van der Waals surface area contributed by atoms with Gasteiger partial charge in [-0.15, -0.1) is 0 Å². The summed E-state index contributed by atoms with van der Waals surface area (Å²) in [6.07, 6.45) is 1.63. The van der Waals surface area contributed by atoms with E-state index in [4.69, 9.17) is 4.74 Å².